The van der Waals surface area contributed by atoms with Crippen molar-refractivity contribution in [3.05, 3.63) is 17.5 Å². The van der Waals surface area contributed by atoms with Crippen LogP contribution in [0, 0.1) is 5.92 Å². The largest absolute Gasteiger partial charge is 0.370 e. The Kier molecular flexibility index (Phi) is 4.40. The zero-order valence-electron chi connectivity index (χ0n) is 9.45. The van der Waals surface area contributed by atoms with Crippen molar-refractivity contribution in [3.63, 3.8) is 0 Å². The first-order valence-corrected chi connectivity index (χ1v) is 6.45. The van der Waals surface area contributed by atoms with E-state index in [2.05, 4.69) is 15.3 Å². The van der Waals surface area contributed by atoms with E-state index in [1.54, 1.807) is 6.20 Å². The quantitative estimate of drug-likeness (QED) is 0.817. The molecule has 1 aromatic heterocycles. The van der Waals surface area contributed by atoms with E-state index in [-0.39, 0.29) is 0 Å². The van der Waals surface area contributed by atoms with Gasteiger partial charge in [-0.3, -0.25) is 0 Å². The Balaban J connectivity index is 1.71. The van der Waals surface area contributed by atoms with Crippen LogP contribution in [0.1, 0.15) is 38.5 Å². The summed E-state index contributed by atoms with van der Waals surface area (Å²) in [4.78, 5) is 7.95. The molecule has 1 aromatic rings. The van der Waals surface area contributed by atoms with E-state index in [0.717, 1.165) is 18.3 Å². The lowest BCUT2D eigenvalue weighted by atomic mass is 9.87. The van der Waals surface area contributed by atoms with Crippen LogP contribution >= 0.6 is 11.6 Å². The third-order valence-corrected chi connectivity index (χ3v) is 3.39. The minimum atomic E-state index is 0.308. The highest BCUT2D eigenvalue weighted by Gasteiger charge is 2.12. The van der Waals surface area contributed by atoms with E-state index >= 15 is 0 Å². The van der Waals surface area contributed by atoms with Gasteiger partial charge in [0.15, 0.2) is 0 Å². The Bertz CT molecular complexity index is 324. The molecule has 4 heteroatoms. The van der Waals surface area contributed by atoms with Crippen molar-refractivity contribution in [2.24, 2.45) is 5.92 Å². The standard InChI is InChI=1S/C12H18ClN3/c13-12-15-9-7-11(16-12)14-8-6-10-4-2-1-3-5-10/h7,9-10H,1-6,8H2,(H,14,15,16). The second-order valence-electron chi connectivity index (χ2n) is 4.43. The number of halogens is 1. The summed E-state index contributed by atoms with van der Waals surface area (Å²) in [7, 11) is 0. The van der Waals surface area contributed by atoms with Crippen LogP contribution in [-0.4, -0.2) is 16.5 Å². The first-order valence-electron chi connectivity index (χ1n) is 6.07. The van der Waals surface area contributed by atoms with Crippen molar-refractivity contribution < 1.29 is 0 Å². The second-order valence-corrected chi connectivity index (χ2v) is 4.77. The summed E-state index contributed by atoms with van der Waals surface area (Å²) in [5, 5.41) is 3.61. The van der Waals surface area contributed by atoms with Crippen molar-refractivity contribution in [1.82, 2.24) is 9.97 Å². The lowest BCUT2D eigenvalue weighted by Crippen LogP contribution is -2.12. The summed E-state index contributed by atoms with van der Waals surface area (Å²) in [6.45, 7) is 0.984. The van der Waals surface area contributed by atoms with E-state index in [1.807, 2.05) is 6.07 Å². The normalized spacial score (nSPS) is 17.3. The molecule has 0 atom stereocenters. The van der Waals surface area contributed by atoms with E-state index in [4.69, 9.17) is 11.6 Å². The molecule has 1 saturated carbocycles. The number of rotatable bonds is 4. The molecular formula is C12H18ClN3. The Morgan fingerprint density at radius 1 is 1.31 bits per heavy atom. The number of aromatic nitrogens is 2. The fraction of sp³-hybridized carbons (Fsp3) is 0.667. The molecule has 0 aromatic carbocycles. The molecule has 0 amide bonds. The van der Waals surface area contributed by atoms with Gasteiger partial charge in [-0.05, 0) is 30.0 Å². The van der Waals surface area contributed by atoms with Crippen molar-refractivity contribution in [1.29, 1.82) is 0 Å². The van der Waals surface area contributed by atoms with E-state index in [0.29, 0.717) is 5.28 Å². The van der Waals surface area contributed by atoms with Gasteiger partial charge in [-0.2, -0.15) is 0 Å². The first-order chi connectivity index (χ1) is 7.84. The molecule has 1 heterocycles. The molecule has 1 aliphatic carbocycles. The van der Waals surface area contributed by atoms with Crippen LogP contribution in [-0.2, 0) is 0 Å². The van der Waals surface area contributed by atoms with Crippen LogP contribution < -0.4 is 5.32 Å². The average molecular weight is 240 g/mol. The molecule has 0 saturated heterocycles. The first kappa shape index (κ1) is 11.6. The number of nitrogens with one attached hydrogen (secondary N) is 1. The minimum absolute atomic E-state index is 0.308. The van der Waals surface area contributed by atoms with Crippen LogP contribution in [0.4, 0.5) is 5.82 Å². The van der Waals surface area contributed by atoms with E-state index in [9.17, 15) is 0 Å². The number of nitrogens with zero attached hydrogens (tertiary/aromatic N) is 2. The number of anilines is 1. The highest BCUT2D eigenvalue weighted by Crippen LogP contribution is 2.26. The number of hydrogen-bond acceptors (Lipinski definition) is 3. The van der Waals surface area contributed by atoms with Gasteiger partial charge in [0.25, 0.3) is 0 Å². The Labute approximate surface area is 102 Å². The zero-order valence-corrected chi connectivity index (χ0v) is 10.2. The van der Waals surface area contributed by atoms with Crippen molar-refractivity contribution in [3.8, 4) is 0 Å². The molecule has 0 radical (unpaired) electrons. The van der Waals surface area contributed by atoms with Crippen LogP contribution in [0.25, 0.3) is 0 Å². The lowest BCUT2D eigenvalue weighted by molar-refractivity contribution is 0.345. The maximum Gasteiger partial charge on any atom is 0.224 e. The molecule has 0 unspecified atom stereocenters. The SMILES string of the molecule is Clc1nccc(NCCC2CCCCC2)n1. The molecule has 1 aliphatic rings. The zero-order chi connectivity index (χ0) is 11.2. The predicted octanol–water partition coefficient (Wildman–Crippen LogP) is 3.51. The molecule has 3 nitrogen and oxygen atoms in total. The third-order valence-electron chi connectivity index (χ3n) is 3.21. The monoisotopic (exact) mass is 239 g/mol. The van der Waals surface area contributed by atoms with Gasteiger partial charge in [-0.25, -0.2) is 9.97 Å². The Morgan fingerprint density at radius 2 is 2.12 bits per heavy atom. The fourth-order valence-electron chi connectivity index (χ4n) is 2.31. The van der Waals surface area contributed by atoms with Crippen molar-refractivity contribution in [2.75, 3.05) is 11.9 Å². The summed E-state index contributed by atoms with van der Waals surface area (Å²) in [5.74, 6) is 1.73. The maximum absolute atomic E-state index is 5.71. The molecule has 88 valence electrons. The smallest absolute Gasteiger partial charge is 0.224 e. The molecule has 0 bridgehead atoms. The Hall–Kier alpha value is -0.830. The van der Waals surface area contributed by atoms with Crippen LogP contribution in [0.5, 0.6) is 0 Å². The van der Waals surface area contributed by atoms with Crippen LogP contribution in [0.2, 0.25) is 5.28 Å². The lowest BCUT2D eigenvalue weighted by Gasteiger charge is -2.21. The topological polar surface area (TPSA) is 37.8 Å². The third kappa shape index (κ3) is 3.63. The van der Waals surface area contributed by atoms with Gasteiger partial charge < -0.3 is 5.32 Å². The molecule has 16 heavy (non-hydrogen) atoms. The van der Waals surface area contributed by atoms with Crippen LogP contribution in [0.15, 0.2) is 12.3 Å². The number of hydrogen-bond donors (Lipinski definition) is 1. The fourth-order valence-corrected chi connectivity index (χ4v) is 2.46. The van der Waals surface area contributed by atoms with E-state index < -0.39 is 0 Å². The molecule has 0 spiro atoms. The van der Waals surface area contributed by atoms with Gasteiger partial charge >= 0.3 is 0 Å². The summed E-state index contributed by atoms with van der Waals surface area (Å²) in [5.41, 5.74) is 0. The van der Waals surface area contributed by atoms with Gasteiger partial charge in [-0.1, -0.05) is 32.1 Å². The van der Waals surface area contributed by atoms with Crippen LogP contribution in [0.3, 0.4) is 0 Å². The average Bonchev–Trinajstić information content (AvgIpc) is 2.30. The maximum atomic E-state index is 5.71. The van der Waals surface area contributed by atoms with Crippen molar-refractivity contribution >= 4 is 17.4 Å². The predicted molar refractivity (Wildman–Crippen MR) is 66.7 cm³/mol. The summed E-state index contributed by atoms with van der Waals surface area (Å²) in [6, 6.07) is 1.85. The van der Waals surface area contributed by atoms with Gasteiger partial charge in [0.05, 0.1) is 0 Å². The highest BCUT2D eigenvalue weighted by molar-refractivity contribution is 6.28. The molecule has 1 N–H and O–H groups in total. The van der Waals surface area contributed by atoms with Gasteiger partial charge in [0.2, 0.25) is 5.28 Å². The summed E-state index contributed by atoms with van der Waals surface area (Å²) >= 11 is 5.71. The van der Waals surface area contributed by atoms with Gasteiger partial charge in [-0.15, -0.1) is 0 Å². The summed E-state index contributed by atoms with van der Waals surface area (Å²) < 4.78 is 0. The Morgan fingerprint density at radius 3 is 2.88 bits per heavy atom. The highest BCUT2D eigenvalue weighted by atomic mass is 35.5. The minimum Gasteiger partial charge on any atom is -0.370 e. The summed E-state index contributed by atoms with van der Waals surface area (Å²) in [6.07, 6.45) is 9.94. The van der Waals surface area contributed by atoms with E-state index in [1.165, 1.54) is 38.5 Å². The molecule has 1 fully saturated rings. The van der Waals surface area contributed by atoms with Gasteiger partial charge in [0, 0.05) is 12.7 Å². The van der Waals surface area contributed by atoms with Crippen molar-refractivity contribution in [2.45, 2.75) is 38.5 Å². The van der Waals surface area contributed by atoms with Gasteiger partial charge in [0.1, 0.15) is 5.82 Å². The molecule has 2 rings (SSSR count). The molecular weight excluding hydrogens is 222 g/mol. The second kappa shape index (κ2) is 6.04. The molecule has 0 aliphatic heterocycles.